The van der Waals surface area contributed by atoms with Gasteiger partial charge in [-0.05, 0) is 52.0 Å². The second-order valence-corrected chi connectivity index (χ2v) is 7.96. The first-order valence-electron chi connectivity index (χ1n) is 7.59. The third-order valence-electron chi connectivity index (χ3n) is 3.66. The van der Waals surface area contributed by atoms with Crippen LogP contribution in [0.25, 0.3) is 0 Å². The number of benzene rings is 2. The topological polar surface area (TPSA) is 46.9 Å². The molecule has 0 aliphatic heterocycles. The predicted octanol–water partition coefficient (Wildman–Crippen LogP) is 5.97. The van der Waals surface area contributed by atoms with Gasteiger partial charge in [-0.1, -0.05) is 41.4 Å². The molecule has 3 aromatic rings. The first-order valence-corrected chi connectivity index (χ1v) is 10.4. The summed E-state index contributed by atoms with van der Waals surface area (Å²) in [5, 5.41) is 8.28. The highest BCUT2D eigenvalue weighted by Gasteiger charge is 2.15. The zero-order chi connectivity index (χ0) is 18.7. The molecule has 0 aliphatic rings. The number of halogens is 3. The van der Waals surface area contributed by atoms with Gasteiger partial charge in [-0.2, -0.15) is 5.10 Å². The Hall–Kier alpha value is -1.47. The Kier molecular flexibility index (Phi) is 6.29. The average molecular weight is 471 g/mol. The highest BCUT2D eigenvalue weighted by molar-refractivity contribution is 9.10. The highest BCUT2D eigenvalue weighted by Crippen LogP contribution is 2.26. The summed E-state index contributed by atoms with van der Waals surface area (Å²) < 4.78 is 2.39. The number of hydrogen-bond donors (Lipinski definition) is 1. The molecule has 26 heavy (non-hydrogen) atoms. The fourth-order valence-corrected chi connectivity index (χ4v) is 3.60. The molecule has 0 spiro atoms. The van der Waals surface area contributed by atoms with Crippen LogP contribution >= 0.6 is 50.9 Å². The molecule has 3 rings (SSSR count). The molecule has 1 N–H and O–H groups in total. The molecule has 1 aromatic heterocycles. The summed E-state index contributed by atoms with van der Waals surface area (Å²) in [5.41, 5.74) is 1.35. The second-order valence-electron chi connectivity index (χ2n) is 5.41. The van der Waals surface area contributed by atoms with Gasteiger partial charge < -0.3 is 5.32 Å². The lowest BCUT2D eigenvalue weighted by Crippen LogP contribution is -2.14. The van der Waals surface area contributed by atoms with Gasteiger partial charge in [0.2, 0.25) is 0 Å². The van der Waals surface area contributed by atoms with Crippen LogP contribution in [0.3, 0.4) is 0 Å². The van der Waals surface area contributed by atoms with Gasteiger partial charge in [0.05, 0.1) is 21.6 Å². The van der Waals surface area contributed by atoms with Gasteiger partial charge >= 0.3 is 0 Å². The normalized spacial score (nSPS) is 10.8. The minimum absolute atomic E-state index is 0.311. The minimum Gasteiger partial charge on any atom is -0.304 e. The van der Waals surface area contributed by atoms with E-state index in [2.05, 4.69) is 26.3 Å². The minimum atomic E-state index is -0.311. The van der Waals surface area contributed by atoms with Crippen LogP contribution < -0.4 is 5.32 Å². The lowest BCUT2D eigenvalue weighted by molar-refractivity contribution is 0.102. The standard InChI is InChI=1S/C18H14BrCl2N3OS/c1-26-12-6-7-16(21)13(8-12)18(25)22-17-14(19)10-24(23-17)9-11-4-2-3-5-15(11)20/h2-8,10H,9H2,1H3,(H,22,23,25). The van der Waals surface area contributed by atoms with Crippen LogP contribution in [-0.4, -0.2) is 21.9 Å². The summed E-state index contributed by atoms with van der Waals surface area (Å²) >= 11 is 17.3. The fraction of sp³-hybridized carbons (Fsp3) is 0.111. The summed E-state index contributed by atoms with van der Waals surface area (Å²) in [6.07, 6.45) is 3.73. The Morgan fingerprint density at radius 3 is 2.73 bits per heavy atom. The second kappa shape index (κ2) is 8.48. The van der Waals surface area contributed by atoms with Crippen molar-refractivity contribution in [2.75, 3.05) is 11.6 Å². The first-order chi connectivity index (χ1) is 12.5. The number of rotatable bonds is 5. The molecule has 4 nitrogen and oxygen atoms in total. The van der Waals surface area contributed by atoms with Crippen molar-refractivity contribution in [3.63, 3.8) is 0 Å². The Balaban J connectivity index is 1.80. The summed E-state index contributed by atoms with van der Waals surface area (Å²) in [5.74, 6) is 0.113. The molecule has 0 atom stereocenters. The van der Waals surface area contributed by atoms with Crippen LogP contribution in [0, 0.1) is 0 Å². The van der Waals surface area contributed by atoms with E-state index >= 15 is 0 Å². The lowest BCUT2D eigenvalue weighted by Gasteiger charge is -2.07. The Labute approximate surface area is 174 Å². The molecule has 134 valence electrons. The zero-order valence-electron chi connectivity index (χ0n) is 13.7. The molecular formula is C18H14BrCl2N3OS. The van der Waals surface area contributed by atoms with E-state index in [1.165, 1.54) is 0 Å². The van der Waals surface area contributed by atoms with Gasteiger partial charge in [-0.3, -0.25) is 9.48 Å². The maximum atomic E-state index is 12.6. The molecule has 0 aliphatic carbocycles. The maximum absolute atomic E-state index is 12.6. The molecule has 2 aromatic carbocycles. The quantitative estimate of drug-likeness (QED) is 0.467. The van der Waals surface area contributed by atoms with Crippen molar-refractivity contribution in [1.82, 2.24) is 9.78 Å². The molecular weight excluding hydrogens is 457 g/mol. The molecule has 0 bridgehead atoms. The van der Waals surface area contributed by atoms with Crippen molar-refractivity contribution in [3.8, 4) is 0 Å². The van der Waals surface area contributed by atoms with E-state index in [0.29, 0.717) is 32.4 Å². The summed E-state index contributed by atoms with van der Waals surface area (Å²) in [6, 6.07) is 12.9. The lowest BCUT2D eigenvalue weighted by atomic mass is 10.2. The Bertz CT molecular complexity index is 961. The maximum Gasteiger partial charge on any atom is 0.258 e. The Morgan fingerprint density at radius 2 is 2.00 bits per heavy atom. The number of amides is 1. The number of thioether (sulfide) groups is 1. The number of anilines is 1. The van der Waals surface area contributed by atoms with E-state index in [1.807, 2.05) is 36.6 Å². The van der Waals surface area contributed by atoms with Crippen molar-refractivity contribution >= 4 is 62.6 Å². The first kappa shape index (κ1) is 19.3. The predicted molar refractivity (Wildman–Crippen MR) is 112 cm³/mol. The van der Waals surface area contributed by atoms with E-state index in [-0.39, 0.29) is 5.91 Å². The fourth-order valence-electron chi connectivity index (χ4n) is 2.34. The van der Waals surface area contributed by atoms with E-state index < -0.39 is 0 Å². The van der Waals surface area contributed by atoms with Crippen molar-refractivity contribution in [2.45, 2.75) is 11.4 Å². The van der Waals surface area contributed by atoms with Crippen molar-refractivity contribution < 1.29 is 4.79 Å². The number of nitrogens with zero attached hydrogens (tertiary/aromatic N) is 2. The molecule has 0 saturated carbocycles. The van der Waals surface area contributed by atoms with Gasteiger partial charge in [-0.25, -0.2) is 0 Å². The number of nitrogens with one attached hydrogen (secondary N) is 1. The molecule has 0 saturated heterocycles. The number of hydrogen-bond acceptors (Lipinski definition) is 3. The molecule has 0 radical (unpaired) electrons. The Morgan fingerprint density at radius 1 is 1.23 bits per heavy atom. The zero-order valence-corrected chi connectivity index (χ0v) is 17.6. The van der Waals surface area contributed by atoms with Crippen molar-refractivity contribution in [3.05, 3.63) is 74.3 Å². The van der Waals surface area contributed by atoms with Crippen LogP contribution in [0.1, 0.15) is 15.9 Å². The van der Waals surface area contributed by atoms with Crippen molar-refractivity contribution in [1.29, 1.82) is 0 Å². The third-order valence-corrected chi connectivity index (χ3v) is 5.66. The van der Waals surface area contributed by atoms with Crippen molar-refractivity contribution in [2.24, 2.45) is 0 Å². The molecule has 1 amide bonds. The van der Waals surface area contributed by atoms with Crippen LogP contribution in [0.5, 0.6) is 0 Å². The van der Waals surface area contributed by atoms with Crippen LogP contribution in [0.2, 0.25) is 10.0 Å². The molecule has 8 heteroatoms. The summed E-state index contributed by atoms with van der Waals surface area (Å²) in [4.78, 5) is 13.5. The van der Waals surface area contributed by atoms with E-state index in [4.69, 9.17) is 23.2 Å². The van der Waals surface area contributed by atoms with Crippen LogP contribution in [0.15, 0.2) is 58.0 Å². The largest absolute Gasteiger partial charge is 0.304 e. The molecule has 1 heterocycles. The van der Waals surface area contributed by atoms with Gasteiger partial charge in [0.25, 0.3) is 5.91 Å². The van der Waals surface area contributed by atoms with E-state index in [1.54, 1.807) is 34.8 Å². The molecule has 0 fully saturated rings. The monoisotopic (exact) mass is 469 g/mol. The number of carbonyl (C=O) groups excluding carboxylic acids is 1. The number of aromatic nitrogens is 2. The van der Waals surface area contributed by atoms with Gasteiger partial charge in [0.15, 0.2) is 5.82 Å². The van der Waals surface area contributed by atoms with Gasteiger partial charge in [0.1, 0.15) is 0 Å². The smallest absolute Gasteiger partial charge is 0.258 e. The number of carbonyl (C=O) groups is 1. The van der Waals surface area contributed by atoms with Crippen LogP contribution in [0.4, 0.5) is 5.82 Å². The average Bonchev–Trinajstić information content (AvgIpc) is 2.96. The van der Waals surface area contributed by atoms with E-state index in [9.17, 15) is 4.79 Å². The van der Waals surface area contributed by atoms with Crippen LogP contribution in [-0.2, 0) is 6.54 Å². The molecule has 0 unspecified atom stereocenters. The van der Waals surface area contributed by atoms with E-state index in [0.717, 1.165) is 10.5 Å². The highest BCUT2D eigenvalue weighted by atomic mass is 79.9. The van der Waals surface area contributed by atoms with Gasteiger partial charge in [0, 0.05) is 16.1 Å². The third kappa shape index (κ3) is 4.43. The SMILES string of the molecule is CSc1ccc(Cl)c(C(=O)Nc2nn(Cc3ccccc3Cl)cc2Br)c1. The summed E-state index contributed by atoms with van der Waals surface area (Å²) in [7, 11) is 0. The summed E-state index contributed by atoms with van der Waals surface area (Å²) in [6.45, 7) is 0.497. The van der Waals surface area contributed by atoms with Gasteiger partial charge in [-0.15, -0.1) is 11.8 Å².